The molecule has 1 rings (SSSR count). The zero-order valence-electron chi connectivity index (χ0n) is 9.54. The number of carbonyl (C=O) groups is 1. The van der Waals surface area contributed by atoms with E-state index in [2.05, 4.69) is 0 Å². The van der Waals surface area contributed by atoms with Crippen molar-refractivity contribution in [3.8, 4) is 0 Å². The molecular weight excluding hydrogens is 279 g/mol. The second-order valence-corrected chi connectivity index (χ2v) is 6.17. The van der Waals surface area contributed by atoms with E-state index in [-0.39, 0.29) is 5.78 Å². The van der Waals surface area contributed by atoms with Gasteiger partial charge in [0.1, 0.15) is 5.78 Å². The Kier molecular flexibility index (Phi) is 6.17. The summed E-state index contributed by atoms with van der Waals surface area (Å²) in [6.45, 7) is 1.57. The Morgan fingerprint density at radius 3 is 2.53 bits per heavy atom. The molecule has 0 aliphatic heterocycles. The Bertz CT molecular complexity index is 433. The van der Waals surface area contributed by atoms with Gasteiger partial charge in [-0.2, -0.15) is 0 Å². The summed E-state index contributed by atoms with van der Waals surface area (Å²) < 4.78 is 11.9. The van der Waals surface area contributed by atoms with E-state index < -0.39 is 10.8 Å². The maximum Gasteiger partial charge on any atom is 0.129 e. The van der Waals surface area contributed by atoms with Crippen molar-refractivity contribution >= 4 is 39.8 Å². The number of halogens is 2. The van der Waals surface area contributed by atoms with Crippen LogP contribution in [0.1, 0.15) is 26.2 Å². The van der Waals surface area contributed by atoms with E-state index in [0.29, 0.717) is 27.1 Å². The molecule has 0 bridgehead atoms. The average Bonchev–Trinajstić information content (AvgIpc) is 2.27. The maximum absolute atomic E-state index is 11.9. The first-order valence-corrected chi connectivity index (χ1v) is 7.41. The lowest BCUT2D eigenvalue weighted by molar-refractivity contribution is -0.117. The molecule has 0 aliphatic rings. The molecule has 0 N–H and O–H groups in total. The quantitative estimate of drug-likeness (QED) is 0.746. The smallest absolute Gasteiger partial charge is 0.129 e. The fourth-order valence-electron chi connectivity index (χ4n) is 1.34. The monoisotopic (exact) mass is 292 g/mol. The molecule has 94 valence electrons. The van der Waals surface area contributed by atoms with Crippen molar-refractivity contribution in [2.24, 2.45) is 0 Å². The van der Waals surface area contributed by atoms with Crippen molar-refractivity contribution in [1.82, 2.24) is 0 Å². The second-order valence-electron chi connectivity index (χ2n) is 3.78. The maximum atomic E-state index is 11.9. The topological polar surface area (TPSA) is 34.1 Å². The normalized spacial score (nSPS) is 12.4. The summed E-state index contributed by atoms with van der Waals surface area (Å²) in [5.74, 6) is 0.718. The SMILES string of the molecule is CC(=O)CCCCS(=O)c1ccc(Cl)c(Cl)c1. The average molecular weight is 293 g/mol. The first-order chi connectivity index (χ1) is 8.00. The van der Waals surface area contributed by atoms with Gasteiger partial charge in [-0.1, -0.05) is 23.2 Å². The van der Waals surface area contributed by atoms with E-state index in [1.165, 1.54) is 0 Å². The largest absolute Gasteiger partial charge is 0.300 e. The molecule has 1 aromatic rings. The Morgan fingerprint density at radius 1 is 1.24 bits per heavy atom. The molecule has 1 unspecified atom stereocenters. The van der Waals surface area contributed by atoms with Crippen LogP contribution in [0.5, 0.6) is 0 Å². The van der Waals surface area contributed by atoms with Gasteiger partial charge in [0.2, 0.25) is 0 Å². The van der Waals surface area contributed by atoms with Crippen molar-refractivity contribution in [2.45, 2.75) is 31.1 Å². The molecule has 0 fully saturated rings. The molecule has 0 saturated carbocycles. The van der Waals surface area contributed by atoms with Gasteiger partial charge < -0.3 is 4.79 Å². The van der Waals surface area contributed by atoms with E-state index in [1.807, 2.05) is 0 Å². The van der Waals surface area contributed by atoms with Crippen LogP contribution in [-0.4, -0.2) is 15.7 Å². The van der Waals surface area contributed by atoms with E-state index in [0.717, 1.165) is 12.8 Å². The first kappa shape index (κ1) is 14.7. The zero-order chi connectivity index (χ0) is 12.8. The molecule has 0 spiro atoms. The fourth-order valence-corrected chi connectivity index (χ4v) is 2.88. The molecule has 2 nitrogen and oxygen atoms in total. The van der Waals surface area contributed by atoms with Crippen molar-refractivity contribution in [1.29, 1.82) is 0 Å². The molecule has 17 heavy (non-hydrogen) atoms. The minimum absolute atomic E-state index is 0.172. The number of hydrogen-bond donors (Lipinski definition) is 0. The minimum atomic E-state index is -1.07. The van der Waals surface area contributed by atoms with Gasteiger partial charge in [-0.3, -0.25) is 4.21 Å². The Hall–Kier alpha value is -0.380. The highest BCUT2D eigenvalue weighted by Gasteiger charge is 2.06. The summed E-state index contributed by atoms with van der Waals surface area (Å²) in [5.41, 5.74) is 0. The predicted octanol–water partition coefficient (Wildman–Crippen LogP) is 3.86. The van der Waals surface area contributed by atoms with Crippen molar-refractivity contribution in [2.75, 3.05) is 5.75 Å². The third-order valence-corrected chi connectivity index (χ3v) is 4.44. The molecule has 0 heterocycles. The predicted molar refractivity (Wildman–Crippen MR) is 72.3 cm³/mol. The van der Waals surface area contributed by atoms with Crippen LogP contribution in [0.25, 0.3) is 0 Å². The van der Waals surface area contributed by atoms with Gasteiger partial charge in [-0.05, 0) is 38.0 Å². The highest BCUT2D eigenvalue weighted by molar-refractivity contribution is 7.85. The molecule has 1 atom stereocenters. The summed E-state index contributed by atoms with van der Waals surface area (Å²) in [6, 6.07) is 4.99. The van der Waals surface area contributed by atoms with E-state index >= 15 is 0 Å². The standard InChI is InChI=1S/C12H14Cl2O2S/c1-9(15)4-2-3-7-17(16)10-5-6-11(13)12(14)8-10/h5-6,8H,2-4,7H2,1H3. The van der Waals surface area contributed by atoms with Crippen molar-refractivity contribution < 1.29 is 9.00 Å². The van der Waals surface area contributed by atoms with Crippen LogP contribution in [0, 0.1) is 0 Å². The zero-order valence-corrected chi connectivity index (χ0v) is 11.9. The Morgan fingerprint density at radius 2 is 1.94 bits per heavy atom. The number of ketones is 1. The number of carbonyl (C=O) groups excluding carboxylic acids is 1. The van der Waals surface area contributed by atoms with Crippen LogP contribution in [0.3, 0.4) is 0 Å². The van der Waals surface area contributed by atoms with Crippen molar-refractivity contribution in [3.05, 3.63) is 28.2 Å². The molecule has 0 radical (unpaired) electrons. The van der Waals surface area contributed by atoms with E-state index in [9.17, 15) is 9.00 Å². The summed E-state index contributed by atoms with van der Waals surface area (Å²) in [6.07, 6.45) is 2.10. The minimum Gasteiger partial charge on any atom is -0.300 e. The van der Waals surface area contributed by atoms with Gasteiger partial charge >= 0.3 is 0 Å². The number of Topliss-reactive ketones (excluding diaryl/α,β-unsaturated/α-hetero) is 1. The fraction of sp³-hybridized carbons (Fsp3) is 0.417. The van der Waals surface area contributed by atoms with Crippen LogP contribution in [0.2, 0.25) is 10.0 Å². The van der Waals surface area contributed by atoms with Gasteiger partial charge in [0.25, 0.3) is 0 Å². The number of benzene rings is 1. The number of unbranched alkanes of at least 4 members (excludes halogenated alkanes) is 1. The lowest BCUT2D eigenvalue weighted by atomic mass is 10.2. The summed E-state index contributed by atoms with van der Waals surface area (Å²) >= 11 is 11.6. The number of hydrogen-bond acceptors (Lipinski definition) is 2. The summed E-state index contributed by atoms with van der Waals surface area (Å²) in [4.78, 5) is 11.4. The van der Waals surface area contributed by atoms with Gasteiger partial charge in [0.15, 0.2) is 0 Å². The molecular formula is C12H14Cl2O2S. The van der Waals surface area contributed by atoms with Crippen LogP contribution < -0.4 is 0 Å². The molecule has 1 aromatic carbocycles. The third kappa shape index (κ3) is 5.19. The molecule has 0 aromatic heterocycles. The second kappa shape index (κ2) is 7.14. The first-order valence-electron chi connectivity index (χ1n) is 5.33. The molecule has 5 heteroatoms. The Labute approximate surface area is 114 Å². The van der Waals surface area contributed by atoms with Crippen molar-refractivity contribution in [3.63, 3.8) is 0 Å². The summed E-state index contributed by atoms with van der Waals surface area (Å²) in [5, 5.41) is 0.880. The van der Waals surface area contributed by atoms with E-state index in [4.69, 9.17) is 23.2 Å². The van der Waals surface area contributed by atoms with Crippen LogP contribution in [-0.2, 0) is 15.6 Å². The lowest BCUT2D eigenvalue weighted by Crippen LogP contribution is -1.99. The van der Waals surface area contributed by atoms with Gasteiger partial charge in [-0.25, -0.2) is 0 Å². The summed E-state index contributed by atoms with van der Waals surface area (Å²) in [7, 11) is -1.07. The van der Waals surface area contributed by atoms with Crippen LogP contribution >= 0.6 is 23.2 Å². The highest BCUT2D eigenvalue weighted by atomic mass is 35.5. The highest BCUT2D eigenvalue weighted by Crippen LogP contribution is 2.24. The number of rotatable bonds is 6. The van der Waals surface area contributed by atoms with Gasteiger partial charge in [0.05, 0.1) is 20.8 Å². The van der Waals surface area contributed by atoms with Gasteiger partial charge in [-0.15, -0.1) is 0 Å². The lowest BCUT2D eigenvalue weighted by Gasteiger charge is -2.03. The molecule has 0 aliphatic carbocycles. The van der Waals surface area contributed by atoms with Crippen LogP contribution in [0.4, 0.5) is 0 Å². The Balaban J connectivity index is 2.47. The van der Waals surface area contributed by atoms with Crippen LogP contribution in [0.15, 0.2) is 23.1 Å². The van der Waals surface area contributed by atoms with E-state index in [1.54, 1.807) is 25.1 Å². The molecule has 0 saturated heterocycles. The van der Waals surface area contributed by atoms with Gasteiger partial charge in [0, 0.05) is 17.1 Å². The molecule has 0 amide bonds. The third-order valence-electron chi connectivity index (χ3n) is 2.26.